The number of likely N-dealkylation sites (N-methyl/N-ethyl adjacent to an activating group) is 1. The van der Waals surface area contributed by atoms with Gasteiger partial charge in [-0.25, -0.2) is 0 Å². The highest BCUT2D eigenvalue weighted by molar-refractivity contribution is 4.85. The molecule has 0 bridgehead atoms. The number of nitrogens with one attached hydrogen (secondary N) is 1. The maximum atomic E-state index is 3.51. The molecule has 0 spiro atoms. The highest BCUT2D eigenvalue weighted by atomic mass is 15.2. The van der Waals surface area contributed by atoms with Crippen molar-refractivity contribution in [2.75, 3.05) is 20.1 Å². The van der Waals surface area contributed by atoms with E-state index in [1.165, 1.54) is 32.2 Å². The average Bonchev–Trinajstić information content (AvgIpc) is 2.94. The van der Waals surface area contributed by atoms with E-state index in [2.05, 4.69) is 31.1 Å². The molecule has 1 aliphatic rings. The molecular formula is C11H24N2. The summed E-state index contributed by atoms with van der Waals surface area (Å²) in [4.78, 5) is 2.51. The second-order valence-corrected chi connectivity index (χ2v) is 4.30. The maximum absolute atomic E-state index is 3.51. The highest BCUT2D eigenvalue weighted by Gasteiger charge is 2.28. The van der Waals surface area contributed by atoms with Crippen molar-refractivity contribution in [3.05, 3.63) is 0 Å². The van der Waals surface area contributed by atoms with Crippen molar-refractivity contribution in [2.24, 2.45) is 0 Å². The third-order valence-electron chi connectivity index (χ3n) is 2.96. The third kappa shape index (κ3) is 4.10. The van der Waals surface area contributed by atoms with E-state index in [9.17, 15) is 0 Å². The molecule has 0 aromatic rings. The van der Waals surface area contributed by atoms with Crippen molar-refractivity contribution in [1.29, 1.82) is 0 Å². The minimum absolute atomic E-state index is 0.698. The Kier molecular flexibility index (Phi) is 4.74. The first-order valence-electron chi connectivity index (χ1n) is 5.68. The van der Waals surface area contributed by atoms with E-state index >= 15 is 0 Å². The fourth-order valence-corrected chi connectivity index (χ4v) is 1.60. The molecule has 1 saturated carbocycles. The number of hydrogen-bond acceptors (Lipinski definition) is 2. The summed E-state index contributed by atoms with van der Waals surface area (Å²) in [6.07, 6.45) is 5.42. The summed E-state index contributed by atoms with van der Waals surface area (Å²) in [5, 5.41) is 3.51. The first-order chi connectivity index (χ1) is 6.25. The molecule has 13 heavy (non-hydrogen) atoms. The van der Waals surface area contributed by atoms with Gasteiger partial charge in [0.15, 0.2) is 0 Å². The largest absolute Gasteiger partial charge is 0.315 e. The zero-order valence-corrected chi connectivity index (χ0v) is 9.34. The summed E-state index contributed by atoms with van der Waals surface area (Å²) in [5.74, 6) is 0. The molecule has 1 fully saturated rings. The molecule has 1 rings (SSSR count). The smallest absolute Gasteiger partial charge is 0.0192 e. The molecule has 78 valence electrons. The van der Waals surface area contributed by atoms with Crippen LogP contribution in [-0.2, 0) is 0 Å². The molecule has 0 aromatic heterocycles. The quantitative estimate of drug-likeness (QED) is 0.608. The Hall–Kier alpha value is -0.0800. The van der Waals surface area contributed by atoms with Gasteiger partial charge in [0.1, 0.15) is 0 Å². The molecule has 0 radical (unpaired) electrons. The Morgan fingerprint density at radius 3 is 2.69 bits per heavy atom. The van der Waals surface area contributed by atoms with Crippen LogP contribution in [0.15, 0.2) is 0 Å². The van der Waals surface area contributed by atoms with Crippen LogP contribution < -0.4 is 5.32 Å². The van der Waals surface area contributed by atoms with Crippen molar-refractivity contribution in [3.8, 4) is 0 Å². The van der Waals surface area contributed by atoms with E-state index in [0.717, 1.165) is 12.6 Å². The van der Waals surface area contributed by atoms with Gasteiger partial charge in [0.25, 0.3) is 0 Å². The maximum Gasteiger partial charge on any atom is 0.0192 e. The zero-order chi connectivity index (χ0) is 9.68. The molecule has 1 unspecified atom stereocenters. The first kappa shape index (κ1) is 11.0. The third-order valence-corrected chi connectivity index (χ3v) is 2.96. The Labute approximate surface area is 82.7 Å². The van der Waals surface area contributed by atoms with Gasteiger partial charge in [-0.05, 0) is 39.8 Å². The van der Waals surface area contributed by atoms with E-state index in [4.69, 9.17) is 0 Å². The average molecular weight is 184 g/mol. The monoisotopic (exact) mass is 184 g/mol. The second kappa shape index (κ2) is 5.61. The van der Waals surface area contributed by atoms with Gasteiger partial charge in [0, 0.05) is 18.6 Å². The molecule has 2 nitrogen and oxygen atoms in total. The molecule has 1 N–H and O–H groups in total. The lowest BCUT2D eigenvalue weighted by Crippen LogP contribution is -2.39. The SMILES string of the molecule is CCCCNCC(C)N(C)C1CC1. The number of hydrogen-bond donors (Lipinski definition) is 1. The van der Waals surface area contributed by atoms with Gasteiger partial charge in [-0.3, -0.25) is 4.90 Å². The van der Waals surface area contributed by atoms with E-state index in [1.54, 1.807) is 0 Å². The predicted octanol–water partition coefficient (Wildman–Crippen LogP) is 1.86. The van der Waals surface area contributed by atoms with Crippen LogP contribution in [0.25, 0.3) is 0 Å². The van der Waals surface area contributed by atoms with Crippen molar-refractivity contribution < 1.29 is 0 Å². The van der Waals surface area contributed by atoms with E-state index in [-0.39, 0.29) is 0 Å². The van der Waals surface area contributed by atoms with Crippen LogP contribution in [0, 0.1) is 0 Å². The standard InChI is InChI=1S/C11H24N2/c1-4-5-8-12-9-10(2)13(3)11-6-7-11/h10-12H,4-9H2,1-3H3. The van der Waals surface area contributed by atoms with Crippen LogP contribution in [0.5, 0.6) is 0 Å². The van der Waals surface area contributed by atoms with Crippen LogP contribution in [-0.4, -0.2) is 37.1 Å². The van der Waals surface area contributed by atoms with Gasteiger partial charge in [0.05, 0.1) is 0 Å². The minimum Gasteiger partial charge on any atom is -0.315 e. The fourth-order valence-electron chi connectivity index (χ4n) is 1.60. The van der Waals surface area contributed by atoms with Gasteiger partial charge < -0.3 is 5.32 Å². The Bertz CT molecular complexity index is 132. The van der Waals surface area contributed by atoms with Gasteiger partial charge >= 0.3 is 0 Å². The van der Waals surface area contributed by atoms with Crippen molar-refractivity contribution in [1.82, 2.24) is 10.2 Å². The number of nitrogens with zero attached hydrogens (tertiary/aromatic N) is 1. The van der Waals surface area contributed by atoms with Gasteiger partial charge in [-0.1, -0.05) is 13.3 Å². The van der Waals surface area contributed by atoms with Crippen LogP contribution in [0.4, 0.5) is 0 Å². The van der Waals surface area contributed by atoms with Gasteiger partial charge in [-0.2, -0.15) is 0 Å². The molecule has 1 atom stereocenters. The topological polar surface area (TPSA) is 15.3 Å². The Morgan fingerprint density at radius 2 is 2.15 bits per heavy atom. The predicted molar refractivity (Wildman–Crippen MR) is 58.0 cm³/mol. The molecule has 0 aromatic carbocycles. The van der Waals surface area contributed by atoms with Crippen molar-refractivity contribution >= 4 is 0 Å². The van der Waals surface area contributed by atoms with E-state index < -0.39 is 0 Å². The summed E-state index contributed by atoms with van der Waals surface area (Å²) in [5.41, 5.74) is 0. The number of rotatable bonds is 7. The second-order valence-electron chi connectivity index (χ2n) is 4.30. The Morgan fingerprint density at radius 1 is 1.46 bits per heavy atom. The normalized spacial score (nSPS) is 19.4. The molecular weight excluding hydrogens is 160 g/mol. The summed E-state index contributed by atoms with van der Waals surface area (Å²) in [6.45, 7) is 6.88. The van der Waals surface area contributed by atoms with Gasteiger partial charge in [0.2, 0.25) is 0 Å². The van der Waals surface area contributed by atoms with Crippen LogP contribution in [0.1, 0.15) is 39.5 Å². The lowest BCUT2D eigenvalue weighted by Gasteiger charge is -2.24. The highest BCUT2D eigenvalue weighted by Crippen LogP contribution is 2.26. The Balaban J connectivity index is 1.99. The zero-order valence-electron chi connectivity index (χ0n) is 9.34. The first-order valence-corrected chi connectivity index (χ1v) is 5.68. The van der Waals surface area contributed by atoms with Crippen LogP contribution in [0.2, 0.25) is 0 Å². The molecule has 1 aliphatic carbocycles. The molecule has 0 heterocycles. The van der Waals surface area contributed by atoms with Crippen molar-refractivity contribution in [3.63, 3.8) is 0 Å². The molecule has 0 saturated heterocycles. The van der Waals surface area contributed by atoms with Crippen molar-refractivity contribution in [2.45, 2.75) is 51.6 Å². The summed E-state index contributed by atoms with van der Waals surface area (Å²) >= 11 is 0. The lowest BCUT2D eigenvalue weighted by atomic mass is 10.2. The summed E-state index contributed by atoms with van der Waals surface area (Å²) in [7, 11) is 2.25. The minimum atomic E-state index is 0.698. The summed E-state index contributed by atoms with van der Waals surface area (Å²) < 4.78 is 0. The summed E-state index contributed by atoms with van der Waals surface area (Å²) in [6, 6.07) is 1.59. The lowest BCUT2D eigenvalue weighted by molar-refractivity contribution is 0.241. The molecule has 0 amide bonds. The fraction of sp³-hybridized carbons (Fsp3) is 1.00. The molecule has 2 heteroatoms. The molecule has 0 aliphatic heterocycles. The van der Waals surface area contributed by atoms with Crippen LogP contribution >= 0.6 is 0 Å². The van der Waals surface area contributed by atoms with E-state index in [0.29, 0.717) is 6.04 Å². The van der Waals surface area contributed by atoms with E-state index in [1.807, 2.05) is 0 Å². The van der Waals surface area contributed by atoms with Gasteiger partial charge in [-0.15, -0.1) is 0 Å². The number of unbranched alkanes of at least 4 members (excludes halogenated alkanes) is 1. The van der Waals surface area contributed by atoms with Crippen LogP contribution in [0.3, 0.4) is 0 Å².